The molecule has 0 unspecified atom stereocenters. The Morgan fingerprint density at radius 3 is 3.21 bits per heavy atom. The molecule has 0 aliphatic carbocycles. The Hall–Kier alpha value is -1.80. The lowest BCUT2D eigenvalue weighted by atomic mass is 10.5. The molecule has 0 saturated carbocycles. The Labute approximate surface area is 84.9 Å². The van der Waals surface area contributed by atoms with Crippen molar-refractivity contribution in [2.75, 3.05) is 11.9 Å². The quantitative estimate of drug-likeness (QED) is 0.571. The zero-order chi connectivity index (χ0) is 9.97. The van der Waals surface area contributed by atoms with Crippen LogP contribution in [-0.4, -0.2) is 26.5 Å². The Kier molecular flexibility index (Phi) is 2.21. The number of nitrogens with one attached hydrogen (secondary N) is 2. The number of H-pyrrole nitrogens is 1. The van der Waals surface area contributed by atoms with Gasteiger partial charge in [0.1, 0.15) is 5.52 Å². The number of anilines is 1. The van der Waals surface area contributed by atoms with E-state index >= 15 is 0 Å². The van der Waals surface area contributed by atoms with Crippen molar-refractivity contribution in [2.24, 2.45) is 0 Å². The van der Waals surface area contributed by atoms with Crippen molar-refractivity contribution in [3.05, 3.63) is 11.6 Å². The van der Waals surface area contributed by atoms with Gasteiger partial charge in [0.15, 0.2) is 11.5 Å². The SMILES string of the molecule is C#CCNc1nc(Cl)nc2nc[nH]c12. The molecule has 0 bridgehead atoms. The van der Waals surface area contributed by atoms with Crippen molar-refractivity contribution in [1.29, 1.82) is 0 Å². The standard InChI is InChI=1S/C8H6ClN5/c1-2-3-10-6-5-7(12-4-11-5)14-8(9)13-6/h1,4H,3H2,(H2,10,11,12,13,14). The summed E-state index contributed by atoms with van der Waals surface area (Å²) in [6.07, 6.45) is 6.64. The lowest BCUT2D eigenvalue weighted by molar-refractivity contribution is 1.17. The van der Waals surface area contributed by atoms with E-state index in [1.807, 2.05) is 0 Å². The molecule has 2 aromatic heterocycles. The van der Waals surface area contributed by atoms with Crippen LogP contribution in [0.1, 0.15) is 0 Å². The maximum Gasteiger partial charge on any atom is 0.226 e. The molecular formula is C8H6ClN5. The third kappa shape index (κ3) is 1.47. The van der Waals surface area contributed by atoms with Crippen LogP contribution in [0.4, 0.5) is 5.82 Å². The first-order valence-corrected chi connectivity index (χ1v) is 4.23. The van der Waals surface area contributed by atoms with Gasteiger partial charge in [-0.2, -0.15) is 9.97 Å². The summed E-state index contributed by atoms with van der Waals surface area (Å²) < 4.78 is 0. The van der Waals surface area contributed by atoms with Crippen LogP contribution in [0.2, 0.25) is 5.28 Å². The van der Waals surface area contributed by atoms with E-state index in [0.717, 1.165) is 0 Å². The summed E-state index contributed by atoms with van der Waals surface area (Å²) in [5.41, 5.74) is 1.22. The van der Waals surface area contributed by atoms with Crippen molar-refractivity contribution >= 4 is 28.6 Å². The fourth-order valence-electron chi connectivity index (χ4n) is 1.07. The third-order valence-corrected chi connectivity index (χ3v) is 1.79. The Balaban J connectivity index is 2.51. The van der Waals surface area contributed by atoms with Crippen LogP contribution in [0.15, 0.2) is 6.33 Å². The van der Waals surface area contributed by atoms with Gasteiger partial charge in [-0.3, -0.25) is 0 Å². The van der Waals surface area contributed by atoms with Crippen LogP contribution in [0.25, 0.3) is 11.2 Å². The molecule has 70 valence electrons. The van der Waals surface area contributed by atoms with E-state index in [2.05, 4.69) is 31.2 Å². The smallest absolute Gasteiger partial charge is 0.226 e. The van der Waals surface area contributed by atoms with Crippen molar-refractivity contribution < 1.29 is 0 Å². The van der Waals surface area contributed by atoms with E-state index < -0.39 is 0 Å². The van der Waals surface area contributed by atoms with Gasteiger partial charge >= 0.3 is 0 Å². The molecule has 0 saturated heterocycles. The topological polar surface area (TPSA) is 66.5 Å². The van der Waals surface area contributed by atoms with E-state index in [1.54, 1.807) is 0 Å². The summed E-state index contributed by atoms with van der Waals surface area (Å²) in [7, 11) is 0. The fourth-order valence-corrected chi connectivity index (χ4v) is 1.23. The van der Waals surface area contributed by atoms with E-state index in [9.17, 15) is 0 Å². The molecule has 2 heterocycles. The first-order valence-electron chi connectivity index (χ1n) is 3.85. The molecule has 2 rings (SSSR count). The average molecular weight is 208 g/mol. The molecule has 2 aromatic rings. The van der Waals surface area contributed by atoms with Gasteiger partial charge < -0.3 is 10.3 Å². The highest BCUT2D eigenvalue weighted by Crippen LogP contribution is 2.17. The van der Waals surface area contributed by atoms with Gasteiger partial charge in [0, 0.05) is 0 Å². The van der Waals surface area contributed by atoms with Gasteiger partial charge in [-0.15, -0.1) is 6.42 Å². The first-order chi connectivity index (χ1) is 6.81. The Morgan fingerprint density at radius 2 is 2.43 bits per heavy atom. The largest absolute Gasteiger partial charge is 0.357 e. The second kappa shape index (κ2) is 3.52. The van der Waals surface area contributed by atoms with Gasteiger partial charge in [0.2, 0.25) is 5.28 Å². The number of aromatic amines is 1. The molecule has 0 aliphatic heterocycles. The first kappa shape index (κ1) is 8.78. The zero-order valence-corrected chi connectivity index (χ0v) is 7.84. The maximum atomic E-state index is 5.69. The number of nitrogens with zero attached hydrogens (tertiary/aromatic N) is 3. The molecule has 5 nitrogen and oxygen atoms in total. The molecule has 0 spiro atoms. The van der Waals surface area contributed by atoms with Crippen LogP contribution in [0.3, 0.4) is 0 Å². The van der Waals surface area contributed by atoms with Gasteiger partial charge in [-0.25, -0.2) is 4.98 Å². The van der Waals surface area contributed by atoms with Gasteiger partial charge in [0.05, 0.1) is 12.9 Å². The number of hydrogen-bond acceptors (Lipinski definition) is 4. The average Bonchev–Trinajstić information content (AvgIpc) is 2.61. The highest BCUT2D eigenvalue weighted by atomic mass is 35.5. The van der Waals surface area contributed by atoms with Crippen LogP contribution in [0, 0.1) is 12.3 Å². The summed E-state index contributed by atoms with van der Waals surface area (Å²) in [6.45, 7) is 0.376. The van der Waals surface area contributed by atoms with E-state index in [0.29, 0.717) is 23.5 Å². The van der Waals surface area contributed by atoms with Crippen molar-refractivity contribution in [3.8, 4) is 12.3 Å². The number of imidazole rings is 1. The lowest BCUT2D eigenvalue weighted by Gasteiger charge is -2.01. The van der Waals surface area contributed by atoms with Crippen molar-refractivity contribution in [3.63, 3.8) is 0 Å². The molecular weight excluding hydrogens is 202 g/mol. The number of aromatic nitrogens is 4. The Morgan fingerprint density at radius 1 is 1.57 bits per heavy atom. The number of terminal acetylenes is 1. The van der Waals surface area contributed by atoms with Crippen LogP contribution >= 0.6 is 11.6 Å². The van der Waals surface area contributed by atoms with Gasteiger partial charge in [0.25, 0.3) is 0 Å². The fraction of sp³-hybridized carbons (Fsp3) is 0.125. The summed E-state index contributed by atoms with van der Waals surface area (Å²) >= 11 is 5.69. The van der Waals surface area contributed by atoms with Crippen LogP contribution in [0.5, 0.6) is 0 Å². The molecule has 2 N–H and O–H groups in total. The van der Waals surface area contributed by atoms with E-state index in [1.165, 1.54) is 6.33 Å². The highest BCUT2D eigenvalue weighted by Gasteiger charge is 2.07. The highest BCUT2D eigenvalue weighted by molar-refractivity contribution is 6.28. The van der Waals surface area contributed by atoms with Crippen molar-refractivity contribution in [1.82, 2.24) is 19.9 Å². The predicted molar refractivity (Wildman–Crippen MR) is 54.0 cm³/mol. The summed E-state index contributed by atoms with van der Waals surface area (Å²) in [5, 5.41) is 3.06. The monoisotopic (exact) mass is 207 g/mol. The van der Waals surface area contributed by atoms with E-state index in [4.69, 9.17) is 18.0 Å². The normalized spacial score (nSPS) is 10.0. The minimum Gasteiger partial charge on any atom is -0.357 e. The minimum absolute atomic E-state index is 0.143. The van der Waals surface area contributed by atoms with Crippen LogP contribution in [-0.2, 0) is 0 Å². The lowest BCUT2D eigenvalue weighted by Crippen LogP contribution is -2.02. The maximum absolute atomic E-state index is 5.69. The molecule has 0 atom stereocenters. The number of fused-ring (bicyclic) bond motifs is 1. The molecule has 6 heteroatoms. The van der Waals surface area contributed by atoms with Crippen molar-refractivity contribution in [2.45, 2.75) is 0 Å². The summed E-state index contributed by atoms with van der Waals surface area (Å²) in [6, 6.07) is 0. The number of halogens is 1. The second-order valence-corrected chi connectivity index (χ2v) is 2.84. The number of rotatable bonds is 2. The van der Waals surface area contributed by atoms with Crippen LogP contribution < -0.4 is 5.32 Å². The summed E-state index contributed by atoms with van der Waals surface area (Å²) in [5.74, 6) is 3.01. The zero-order valence-electron chi connectivity index (χ0n) is 7.08. The van der Waals surface area contributed by atoms with Gasteiger partial charge in [-0.05, 0) is 11.6 Å². The minimum atomic E-state index is 0.143. The second-order valence-electron chi connectivity index (χ2n) is 2.50. The Bertz CT molecular complexity index is 498. The summed E-state index contributed by atoms with van der Waals surface area (Å²) in [4.78, 5) is 14.8. The predicted octanol–water partition coefficient (Wildman–Crippen LogP) is 1.05. The molecule has 0 aliphatic rings. The molecule has 14 heavy (non-hydrogen) atoms. The molecule has 0 amide bonds. The molecule has 0 radical (unpaired) electrons. The van der Waals surface area contributed by atoms with Gasteiger partial charge in [-0.1, -0.05) is 5.92 Å². The molecule has 0 aromatic carbocycles. The van der Waals surface area contributed by atoms with E-state index in [-0.39, 0.29) is 5.28 Å². The number of hydrogen-bond donors (Lipinski definition) is 2. The molecule has 0 fully saturated rings. The third-order valence-electron chi connectivity index (χ3n) is 1.62.